The highest BCUT2D eigenvalue weighted by Crippen LogP contribution is 2.19. The van der Waals surface area contributed by atoms with E-state index < -0.39 is 0 Å². The van der Waals surface area contributed by atoms with Crippen LogP contribution in [0.2, 0.25) is 0 Å². The van der Waals surface area contributed by atoms with Crippen molar-refractivity contribution in [3.05, 3.63) is 29.8 Å². The summed E-state index contributed by atoms with van der Waals surface area (Å²) in [6, 6.07) is 7.86. The summed E-state index contributed by atoms with van der Waals surface area (Å²) in [5.41, 5.74) is 1.10. The zero-order chi connectivity index (χ0) is 13.7. The van der Waals surface area contributed by atoms with E-state index >= 15 is 0 Å². The first-order chi connectivity index (χ1) is 9.20. The summed E-state index contributed by atoms with van der Waals surface area (Å²) in [6.45, 7) is 3.89. The van der Waals surface area contributed by atoms with E-state index in [9.17, 15) is 4.79 Å². The van der Waals surface area contributed by atoms with Gasteiger partial charge in [0.2, 0.25) is 5.91 Å². The van der Waals surface area contributed by atoms with Gasteiger partial charge in [0.1, 0.15) is 5.75 Å². The van der Waals surface area contributed by atoms with Gasteiger partial charge in [-0.3, -0.25) is 4.79 Å². The van der Waals surface area contributed by atoms with Crippen LogP contribution in [0, 0.1) is 5.92 Å². The van der Waals surface area contributed by atoms with Gasteiger partial charge in [0.15, 0.2) is 0 Å². The molecule has 104 valence electrons. The molecule has 2 N–H and O–H groups in total. The molecule has 1 aliphatic rings. The molecule has 0 radical (unpaired) electrons. The number of piperidine rings is 1. The number of rotatable bonds is 4. The Hall–Kier alpha value is -1.55. The average Bonchev–Trinajstić information content (AvgIpc) is 2.48. The summed E-state index contributed by atoms with van der Waals surface area (Å²) in [5.74, 6) is 1.16. The Morgan fingerprint density at radius 2 is 1.95 bits per heavy atom. The van der Waals surface area contributed by atoms with Gasteiger partial charge in [-0.1, -0.05) is 12.1 Å². The van der Waals surface area contributed by atoms with Crippen LogP contribution < -0.4 is 15.4 Å². The fourth-order valence-electron chi connectivity index (χ4n) is 2.39. The van der Waals surface area contributed by atoms with Gasteiger partial charge in [0.25, 0.3) is 0 Å². The molecule has 1 aromatic carbocycles. The molecule has 1 saturated heterocycles. The molecule has 1 heterocycles. The van der Waals surface area contributed by atoms with Crippen LogP contribution in [0.15, 0.2) is 24.3 Å². The molecule has 4 nitrogen and oxygen atoms in total. The smallest absolute Gasteiger partial charge is 0.223 e. The van der Waals surface area contributed by atoms with Crippen LogP contribution in [0.3, 0.4) is 0 Å². The van der Waals surface area contributed by atoms with Crippen LogP contribution in [-0.2, 0) is 4.79 Å². The van der Waals surface area contributed by atoms with E-state index in [2.05, 4.69) is 10.6 Å². The van der Waals surface area contributed by atoms with Gasteiger partial charge in [0, 0.05) is 5.92 Å². The first-order valence-corrected chi connectivity index (χ1v) is 6.85. The summed E-state index contributed by atoms with van der Waals surface area (Å²) in [7, 11) is 1.65. The van der Waals surface area contributed by atoms with Crippen LogP contribution in [0.25, 0.3) is 0 Å². The number of hydrogen-bond donors (Lipinski definition) is 2. The Bertz CT molecular complexity index is 411. The fourth-order valence-corrected chi connectivity index (χ4v) is 2.39. The van der Waals surface area contributed by atoms with E-state index in [-0.39, 0.29) is 17.9 Å². The summed E-state index contributed by atoms with van der Waals surface area (Å²) in [5, 5.41) is 6.37. The zero-order valence-electron chi connectivity index (χ0n) is 11.6. The van der Waals surface area contributed by atoms with Crippen LogP contribution >= 0.6 is 0 Å². The van der Waals surface area contributed by atoms with Crippen molar-refractivity contribution in [2.45, 2.75) is 25.8 Å². The molecule has 0 aliphatic carbocycles. The van der Waals surface area contributed by atoms with Crippen molar-refractivity contribution in [3.8, 4) is 5.75 Å². The van der Waals surface area contributed by atoms with E-state index in [1.165, 1.54) is 0 Å². The molecule has 1 aromatic rings. The second-order valence-corrected chi connectivity index (χ2v) is 5.03. The Kier molecular flexibility index (Phi) is 4.80. The topological polar surface area (TPSA) is 50.4 Å². The molecule has 19 heavy (non-hydrogen) atoms. The standard InChI is InChI=1S/C15H22N2O2/c1-11(12-3-5-14(19-2)6-4-12)17-15(18)13-7-9-16-10-8-13/h3-6,11,13,16H,7-10H2,1-2H3,(H,17,18)/t11-/m1/s1. The normalized spacial score (nSPS) is 17.8. The molecule has 0 spiro atoms. The number of nitrogens with one attached hydrogen (secondary N) is 2. The Balaban J connectivity index is 1.91. The number of amides is 1. The molecule has 1 amide bonds. The van der Waals surface area contributed by atoms with Gasteiger partial charge >= 0.3 is 0 Å². The highest BCUT2D eigenvalue weighted by Gasteiger charge is 2.22. The number of carbonyl (C=O) groups is 1. The van der Waals surface area contributed by atoms with E-state index in [0.29, 0.717) is 0 Å². The third-order valence-corrected chi connectivity index (χ3v) is 3.68. The van der Waals surface area contributed by atoms with E-state index in [1.807, 2.05) is 31.2 Å². The number of methoxy groups -OCH3 is 1. The molecule has 2 rings (SSSR count). The van der Waals surface area contributed by atoms with E-state index in [1.54, 1.807) is 7.11 Å². The van der Waals surface area contributed by atoms with E-state index in [4.69, 9.17) is 4.74 Å². The third-order valence-electron chi connectivity index (χ3n) is 3.68. The molecule has 1 fully saturated rings. The average molecular weight is 262 g/mol. The lowest BCUT2D eigenvalue weighted by molar-refractivity contribution is -0.126. The minimum Gasteiger partial charge on any atom is -0.497 e. The predicted molar refractivity (Wildman–Crippen MR) is 75.1 cm³/mol. The highest BCUT2D eigenvalue weighted by atomic mass is 16.5. The van der Waals surface area contributed by atoms with Crippen molar-refractivity contribution in [2.75, 3.05) is 20.2 Å². The maximum Gasteiger partial charge on any atom is 0.223 e. The quantitative estimate of drug-likeness (QED) is 0.871. The number of hydrogen-bond acceptors (Lipinski definition) is 3. The minimum absolute atomic E-state index is 0.0355. The molecule has 1 aliphatic heterocycles. The second-order valence-electron chi connectivity index (χ2n) is 5.03. The Morgan fingerprint density at radius 3 is 2.53 bits per heavy atom. The lowest BCUT2D eigenvalue weighted by Gasteiger charge is -2.24. The van der Waals surface area contributed by atoms with Crippen molar-refractivity contribution in [1.82, 2.24) is 10.6 Å². The van der Waals surface area contributed by atoms with Crippen LogP contribution in [-0.4, -0.2) is 26.1 Å². The number of benzene rings is 1. The van der Waals surface area contributed by atoms with Gasteiger partial charge in [-0.2, -0.15) is 0 Å². The van der Waals surface area contributed by atoms with Crippen LogP contribution in [0.5, 0.6) is 5.75 Å². The lowest BCUT2D eigenvalue weighted by atomic mass is 9.96. The van der Waals surface area contributed by atoms with Gasteiger partial charge in [-0.05, 0) is 50.6 Å². The Morgan fingerprint density at radius 1 is 1.32 bits per heavy atom. The fraction of sp³-hybridized carbons (Fsp3) is 0.533. The molecule has 0 aromatic heterocycles. The van der Waals surface area contributed by atoms with Gasteiger partial charge in [-0.25, -0.2) is 0 Å². The first-order valence-electron chi connectivity index (χ1n) is 6.85. The van der Waals surface area contributed by atoms with Crippen molar-refractivity contribution >= 4 is 5.91 Å². The molecule has 0 saturated carbocycles. The molecule has 4 heteroatoms. The summed E-state index contributed by atoms with van der Waals surface area (Å²) < 4.78 is 5.13. The first kappa shape index (κ1) is 13.9. The number of ether oxygens (including phenoxy) is 1. The summed E-state index contributed by atoms with van der Waals surface area (Å²) in [6.07, 6.45) is 1.86. The lowest BCUT2D eigenvalue weighted by Crippen LogP contribution is -2.39. The summed E-state index contributed by atoms with van der Waals surface area (Å²) in [4.78, 5) is 12.1. The maximum absolute atomic E-state index is 12.1. The third kappa shape index (κ3) is 3.70. The van der Waals surface area contributed by atoms with Crippen molar-refractivity contribution in [1.29, 1.82) is 0 Å². The van der Waals surface area contributed by atoms with Gasteiger partial charge < -0.3 is 15.4 Å². The number of carbonyl (C=O) groups excluding carboxylic acids is 1. The van der Waals surface area contributed by atoms with Crippen molar-refractivity contribution in [3.63, 3.8) is 0 Å². The zero-order valence-corrected chi connectivity index (χ0v) is 11.6. The van der Waals surface area contributed by atoms with Crippen molar-refractivity contribution < 1.29 is 9.53 Å². The van der Waals surface area contributed by atoms with Crippen LogP contribution in [0.1, 0.15) is 31.4 Å². The van der Waals surface area contributed by atoms with Gasteiger partial charge in [0.05, 0.1) is 13.2 Å². The Labute approximate surface area is 114 Å². The predicted octanol–water partition coefficient (Wildman–Crippen LogP) is 1.87. The molecule has 0 unspecified atom stereocenters. The van der Waals surface area contributed by atoms with E-state index in [0.717, 1.165) is 37.2 Å². The second kappa shape index (κ2) is 6.57. The molecular weight excluding hydrogens is 240 g/mol. The van der Waals surface area contributed by atoms with Gasteiger partial charge in [-0.15, -0.1) is 0 Å². The largest absolute Gasteiger partial charge is 0.497 e. The minimum atomic E-state index is 0.0355. The SMILES string of the molecule is COc1ccc([C@@H](C)NC(=O)C2CCNCC2)cc1. The highest BCUT2D eigenvalue weighted by molar-refractivity contribution is 5.79. The monoisotopic (exact) mass is 262 g/mol. The maximum atomic E-state index is 12.1. The molecular formula is C15H22N2O2. The molecule has 1 atom stereocenters. The summed E-state index contributed by atoms with van der Waals surface area (Å²) >= 11 is 0. The van der Waals surface area contributed by atoms with Crippen LogP contribution in [0.4, 0.5) is 0 Å². The molecule has 0 bridgehead atoms. The van der Waals surface area contributed by atoms with Crippen molar-refractivity contribution in [2.24, 2.45) is 5.92 Å².